The third-order valence-corrected chi connectivity index (χ3v) is 3.83. The van der Waals surface area contributed by atoms with Gasteiger partial charge in [0.15, 0.2) is 5.13 Å². The summed E-state index contributed by atoms with van der Waals surface area (Å²) in [5.41, 5.74) is 1.49. The Morgan fingerprint density at radius 2 is 2.29 bits per heavy atom. The zero-order chi connectivity index (χ0) is 12.3. The molecular weight excluding hydrogens is 250 g/mol. The second kappa shape index (κ2) is 5.21. The maximum Gasteiger partial charge on any atom is 0.187 e. The SMILES string of the molecule is CSc1cccc(Nc2ncc(C)s2)c1C#N. The molecule has 3 nitrogen and oxygen atoms in total. The van der Waals surface area contributed by atoms with E-state index in [-0.39, 0.29) is 0 Å². The van der Waals surface area contributed by atoms with Crippen LogP contribution in [0.4, 0.5) is 10.8 Å². The van der Waals surface area contributed by atoms with E-state index in [9.17, 15) is 5.26 Å². The van der Waals surface area contributed by atoms with Gasteiger partial charge >= 0.3 is 0 Å². The Kier molecular flexibility index (Phi) is 3.67. The van der Waals surface area contributed by atoms with Crippen LogP contribution in [-0.4, -0.2) is 11.2 Å². The van der Waals surface area contributed by atoms with Gasteiger partial charge in [-0.3, -0.25) is 0 Å². The zero-order valence-corrected chi connectivity index (χ0v) is 11.2. The normalized spacial score (nSPS) is 9.94. The molecule has 86 valence electrons. The summed E-state index contributed by atoms with van der Waals surface area (Å²) in [5.74, 6) is 0. The van der Waals surface area contributed by atoms with Crippen molar-refractivity contribution in [3.8, 4) is 6.07 Å². The number of rotatable bonds is 3. The summed E-state index contributed by atoms with van der Waals surface area (Å²) in [7, 11) is 0. The van der Waals surface area contributed by atoms with Crippen molar-refractivity contribution in [2.24, 2.45) is 0 Å². The molecular formula is C12H11N3S2. The zero-order valence-electron chi connectivity index (χ0n) is 9.52. The van der Waals surface area contributed by atoms with Crippen LogP contribution in [0.25, 0.3) is 0 Å². The fourth-order valence-electron chi connectivity index (χ4n) is 1.45. The van der Waals surface area contributed by atoms with Crippen LogP contribution < -0.4 is 5.32 Å². The van der Waals surface area contributed by atoms with Crippen LogP contribution in [0.1, 0.15) is 10.4 Å². The highest BCUT2D eigenvalue weighted by Crippen LogP contribution is 2.29. The first-order valence-electron chi connectivity index (χ1n) is 5.01. The summed E-state index contributed by atoms with van der Waals surface area (Å²) < 4.78 is 0. The van der Waals surface area contributed by atoms with Crippen molar-refractivity contribution in [2.45, 2.75) is 11.8 Å². The number of hydrogen-bond donors (Lipinski definition) is 1. The molecule has 0 atom stereocenters. The van der Waals surface area contributed by atoms with Crippen LogP contribution in [0.5, 0.6) is 0 Å². The van der Waals surface area contributed by atoms with E-state index in [1.165, 1.54) is 0 Å². The number of aryl methyl sites for hydroxylation is 1. The van der Waals surface area contributed by atoms with Crippen LogP contribution in [0.2, 0.25) is 0 Å². The summed E-state index contributed by atoms with van der Waals surface area (Å²) in [6.45, 7) is 2.01. The van der Waals surface area contributed by atoms with Crippen LogP contribution >= 0.6 is 23.1 Å². The van der Waals surface area contributed by atoms with E-state index in [0.717, 1.165) is 20.6 Å². The Balaban J connectivity index is 2.36. The predicted octanol–water partition coefficient (Wildman–Crippen LogP) is 3.79. The van der Waals surface area contributed by atoms with E-state index >= 15 is 0 Å². The predicted molar refractivity (Wildman–Crippen MR) is 73.1 cm³/mol. The molecule has 0 aliphatic rings. The molecule has 0 radical (unpaired) electrons. The second-order valence-electron chi connectivity index (χ2n) is 3.40. The van der Waals surface area contributed by atoms with Gasteiger partial charge in [0.1, 0.15) is 6.07 Å². The van der Waals surface area contributed by atoms with Crippen molar-refractivity contribution in [2.75, 3.05) is 11.6 Å². The first-order valence-corrected chi connectivity index (χ1v) is 7.05. The minimum Gasteiger partial charge on any atom is -0.330 e. The van der Waals surface area contributed by atoms with Gasteiger partial charge in [0.2, 0.25) is 0 Å². The number of benzene rings is 1. The molecule has 1 aromatic heterocycles. The highest BCUT2D eigenvalue weighted by Gasteiger charge is 2.08. The molecule has 0 unspecified atom stereocenters. The summed E-state index contributed by atoms with van der Waals surface area (Å²) in [4.78, 5) is 6.36. The Hall–Kier alpha value is -1.51. The average Bonchev–Trinajstić information content (AvgIpc) is 2.74. The Morgan fingerprint density at radius 3 is 2.88 bits per heavy atom. The minimum atomic E-state index is 0.674. The minimum absolute atomic E-state index is 0.674. The highest BCUT2D eigenvalue weighted by atomic mass is 32.2. The van der Waals surface area contributed by atoms with Crippen molar-refractivity contribution >= 4 is 33.9 Å². The van der Waals surface area contributed by atoms with Gasteiger partial charge in [0.05, 0.1) is 11.3 Å². The van der Waals surface area contributed by atoms with E-state index in [4.69, 9.17) is 0 Å². The summed E-state index contributed by atoms with van der Waals surface area (Å²) in [5, 5.41) is 13.2. The van der Waals surface area contributed by atoms with Gasteiger partial charge in [-0.2, -0.15) is 5.26 Å². The largest absolute Gasteiger partial charge is 0.330 e. The lowest BCUT2D eigenvalue weighted by Crippen LogP contribution is -1.94. The first-order chi connectivity index (χ1) is 8.24. The third kappa shape index (κ3) is 2.60. The van der Waals surface area contributed by atoms with Gasteiger partial charge in [-0.05, 0) is 25.3 Å². The molecule has 0 aliphatic heterocycles. The van der Waals surface area contributed by atoms with E-state index in [2.05, 4.69) is 16.4 Å². The number of hydrogen-bond acceptors (Lipinski definition) is 5. The number of nitriles is 1. The number of aromatic nitrogens is 1. The Bertz CT molecular complexity index is 569. The lowest BCUT2D eigenvalue weighted by molar-refractivity contribution is 1.33. The smallest absolute Gasteiger partial charge is 0.187 e. The quantitative estimate of drug-likeness (QED) is 0.854. The van der Waals surface area contributed by atoms with Gasteiger partial charge in [0, 0.05) is 16.0 Å². The van der Waals surface area contributed by atoms with Gasteiger partial charge in [-0.1, -0.05) is 6.07 Å². The number of thiazole rings is 1. The van der Waals surface area contributed by atoms with Crippen molar-refractivity contribution in [1.82, 2.24) is 4.98 Å². The fourth-order valence-corrected chi connectivity index (χ4v) is 2.70. The molecule has 0 amide bonds. The number of nitrogens with zero attached hydrogens (tertiary/aromatic N) is 2. The highest BCUT2D eigenvalue weighted by molar-refractivity contribution is 7.98. The number of anilines is 2. The molecule has 1 N–H and O–H groups in total. The van der Waals surface area contributed by atoms with Crippen LogP contribution in [-0.2, 0) is 0 Å². The number of nitrogens with one attached hydrogen (secondary N) is 1. The molecule has 0 spiro atoms. The lowest BCUT2D eigenvalue weighted by atomic mass is 10.2. The molecule has 17 heavy (non-hydrogen) atoms. The standard InChI is InChI=1S/C12H11N3S2/c1-8-7-14-12(17-8)15-10-4-3-5-11(16-2)9(10)6-13/h3-5,7H,1-2H3,(H,14,15). The van der Waals surface area contributed by atoms with E-state index in [0.29, 0.717) is 5.56 Å². The monoisotopic (exact) mass is 261 g/mol. The van der Waals surface area contributed by atoms with Gasteiger partial charge in [-0.25, -0.2) is 4.98 Å². The van der Waals surface area contributed by atoms with Gasteiger partial charge in [0.25, 0.3) is 0 Å². The molecule has 0 fully saturated rings. The summed E-state index contributed by atoms with van der Waals surface area (Å²) >= 11 is 3.15. The van der Waals surface area contributed by atoms with E-state index < -0.39 is 0 Å². The van der Waals surface area contributed by atoms with Gasteiger partial charge < -0.3 is 5.32 Å². The molecule has 5 heteroatoms. The molecule has 1 heterocycles. The van der Waals surface area contributed by atoms with Gasteiger partial charge in [-0.15, -0.1) is 23.1 Å². The Morgan fingerprint density at radius 1 is 1.47 bits per heavy atom. The summed E-state index contributed by atoms with van der Waals surface area (Å²) in [6, 6.07) is 8.02. The topological polar surface area (TPSA) is 48.7 Å². The van der Waals surface area contributed by atoms with E-state index in [1.54, 1.807) is 23.1 Å². The summed E-state index contributed by atoms with van der Waals surface area (Å²) in [6.07, 6.45) is 3.78. The maximum atomic E-state index is 9.19. The molecule has 0 bridgehead atoms. The lowest BCUT2D eigenvalue weighted by Gasteiger charge is -2.07. The van der Waals surface area contributed by atoms with E-state index in [1.807, 2.05) is 37.6 Å². The Labute approximate surface area is 109 Å². The van der Waals surface area contributed by atoms with Crippen molar-refractivity contribution in [1.29, 1.82) is 5.26 Å². The van der Waals surface area contributed by atoms with Crippen molar-refractivity contribution in [3.63, 3.8) is 0 Å². The molecule has 0 aliphatic carbocycles. The first kappa shape index (κ1) is 12.0. The number of thioether (sulfide) groups is 1. The third-order valence-electron chi connectivity index (χ3n) is 2.22. The average molecular weight is 261 g/mol. The molecule has 2 aromatic rings. The van der Waals surface area contributed by atoms with Crippen LogP contribution in [0, 0.1) is 18.3 Å². The van der Waals surface area contributed by atoms with Crippen molar-refractivity contribution in [3.05, 3.63) is 34.8 Å². The second-order valence-corrected chi connectivity index (χ2v) is 5.48. The van der Waals surface area contributed by atoms with Crippen LogP contribution in [0.15, 0.2) is 29.3 Å². The maximum absolute atomic E-state index is 9.19. The van der Waals surface area contributed by atoms with Crippen LogP contribution in [0.3, 0.4) is 0 Å². The fraction of sp³-hybridized carbons (Fsp3) is 0.167. The molecule has 2 rings (SSSR count). The molecule has 1 aromatic carbocycles. The van der Waals surface area contributed by atoms with Crippen molar-refractivity contribution < 1.29 is 0 Å². The molecule has 0 saturated heterocycles. The molecule has 0 saturated carbocycles.